The van der Waals surface area contributed by atoms with E-state index in [-0.39, 0.29) is 36.4 Å². The van der Waals surface area contributed by atoms with Gasteiger partial charge in [0, 0.05) is 19.0 Å². The number of amides is 2. The highest BCUT2D eigenvalue weighted by molar-refractivity contribution is 6.09. The van der Waals surface area contributed by atoms with Gasteiger partial charge in [-0.25, -0.2) is 0 Å². The lowest BCUT2D eigenvalue weighted by molar-refractivity contribution is -0.140. The van der Waals surface area contributed by atoms with E-state index in [2.05, 4.69) is 25.7 Å². The summed E-state index contributed by atoms with van der Waals surface area (Å²) in [6.07, 6.45) is 3.53. The fraction of sp³-hybridized carbons (Fsp3) is 0.619. The van der Waals surface area contributed by atoms with Gasteiger partial charge in [0.15, 0.2) is 0 Å². The summed E-state index contributed by atoms with van der Waals surface area (Å²) < 4.78 is 0. The third kappa shape index (κ3) is 3.85. The molecule has 2 aliphatic rings. The minimum Gasteiger partial charge on any atom is -0.508 e. The molecule has 1 saturated heterocycles. The van der Waals surface area contributed by atoms with Gasteiger partial charge in [0.05, 0.1) is 5.41 Å². The molecule has 1 fully saturated rings. The molecule has 1 aromatic rings. The van der Waals surface area contributed by atoms with Crippen LogP contribution in [0.4, 0.5) is 0 Å². The SMILES string of the molecule is CCN(CC)C(C)CCN1C(=O)CC2(CCCc3ccc(O)cc32)C1=O.Cl. The summed E-state index contributed by atoms with van der Waals surface area (Å²) in [4.78, 5) is 29.8. The van der Waals surface area contributed by atoms with Crippen molar-refractivity contribution < 1.29 is 14.7 Å². The second kappa shape index (κ2) is 8.61. The first-order valence-corrected chi connectivity index (χ1v) is 9.84. The van der Waals surface area contributed by atoms with Gasteiger partial charge in [-0.2, -0.15) is 0 Å². The number of carbonyl (C=O) groups is 2. The fourth-order valence-corrected chi connectivity index (χ4v) is 4.72. The highest BCUT2D eigenvalue weighted by atomic mass is 35.5. The highest BCUT2D eigenvalue weighted by Gasteiger charge is 2.54. The van der Waals surface area contributed by atoms with Crippen LogP contribution in [0.1, 0.15) is 57.6 Å². The van der Waals surface area contributed by atoms with E-state index in [0.717, 1.165) is 43.5 Å². The van der Waals surface area contributed by atoms with Gasteiger partial charge in [-0.1, -0.05) is 19.9 Å². The Bertz CT molecular complexity index is 705. The van der Waals surface area contributed by atoms with E-state index >= 15 is 0 Å². The third-order valence-electron chi connectivity index (χ3n) is 6.27. The van der Waals surface area contributed by atoms with Gasteiger partial charge in [0.25, 0.3) is 0 Å². The predicted octanol–water partition coefficient (Wildman–Crippen LogP) is 3.27. The lowest BCUT2D eigenvalue weighted by Crippen LogP contribution is -2.42. The largest absolute Gasteiger partial charge is 0.508 e. The van der Waals surface area contributed by atoms with E-state index < -0.39 is 5.41 Å². The summed E-state index contributed by atoms with van der Waals surface area (Å²) in [5, 5.41) is 9.93. The van der Waals surface area contributed by atoms with Crippen LogP contribution in [-0.2, 0) is 21.4 Å². The monoisotopic (exact) mass is 394 g/mol. The number of hydrogen-bond acceptors (Lipinski definition) is 4. The Labute approximate surface area is 168 Å². The van der Waals surface area contributed by atoms with Gasteiger partial charge in [0.1, 0.15) is 5.75 Å². The minimum atomic E-state index is -0.762. The topological polar surface area (TPSA) is 60.9 Å². The summed E-state index contributed by atoms with van der Waals surface area (Å²) in [5.74, 6) is 0.0256. The van der Waals surface area contributed by atoms with Crippen molar-refractivity contribution in [3.8, 4) is 5.75 Å². The van der Waals surface area contributed by atoms with E-state index in [1.165, 1.54) is 4.90 Å². The normalized spacial score (nSPS) is 22.9. The van der Waals surface area contributed by atoms with Crippen LogP contribution in [0.3, 0.4) is 0 Å². The summed E-state index contributed by atoms with van der Waals surface area (Å²) in [7, 11) is 0. The number of halogens is 1. The maximum Gasteiger partial charge on any atom is 0.240 e. The molecule has 0 radical (unpaired) electrons. The number of phenolic OH excluding ortho intramolecular Hbond substituents is 1. The minimum absolute atomic E-state index is 0. The predicted molar refractivity (Wildman–Crippen MR) is 108 cm³/mol. The first kappa shape index (κ1) is 21.7. The Kier molecular flexibility index (Phi) is 6.92. The molecule has 0 aromatic heterocycles. The molecule has 1 aliphatic heterocycles. The van der Waals surface area contributed by atoms with E-state index in [9.17, 15) is 14.7 Å². The van der Waals surface area contributed by atoms with Crippen molar-refractivity contribution in [2.24, 2.45) is 0 Å². The zero-order valence-electron chi connectivity index (χ0n) is 16.5. The van der Waals surface area contributed by atoms with Crippen LogP contribution in [0.25, 0.3) is 0 Å². The summed E-state index contributed by atoms with van der Waals surface area (Å²) in [6.45, 7) is 8.83. The molecule has 1 heterocycles. The van der Waals surface area contributed by atoms with E-state index in [1.54, 1.807) is 12.1 Å². The van der Waals surface area contributed by atoms with Crippen molar-refractivity contribution in [3.05, 3.63) is 29.3 Å². The van der Waals surface area contributed by atoms with Crippen molar-refractivity contribution in [2.75, 3.05) is 19.6 Å². The number of fused-ring (bicyclic) bond motifs is 2. The van der Waals surface area contributed by atoms with Crippen LogP contribution in [0, 0.1) is 0 Å². The average molecular weight is 395 g/mol. The first-order valence-electron chi connectivity index (χ1n) is 9.84. The van der Waals surface area contributed by atoms with Crippen LogP contribution in [-0.4, -0.2) is 52.4 Å². The highest BCUT2D eigenvalue weighted by Crippen LogP contribution is 2.46. The van der Waals surface area contributed by atoms with Crippen molar-refractivity contribution in [1.82, 2.24) is 9.80 Å². The van der Waals surface area contributed by atoms with Crippen LogP contribution in [0.5, 0.6) is 5.75 Å². The Morgan fingerprint density at radius 1 is 1.26 bits per heavy atom. The molecular formula is C21H31ClN2O3. The molecule has 1 N–H and O–H groups in total. The lowest BCUT2D eigenvalue weighted by Gasteiger charge is -2.34. The van der Waals surface area contributed by atoms with Gasteiger partial charge in [-0.05, 0) is 69.0 Å². The third-order valence-corrected chi connectivity index (χ3v) is 6.27. The smallest absolute Gasteiger partial charge is 0.240 e. The number of nitrogens with zero attached hydrogens (tertiary/aromatic N) is 2. The van der Waals surface area contributed by atoms with Crippen molar-refractivity contribution >= 4 is 24.2 Å². The molecule has 150 valence electrons. The molecule has 6 heteroatoms. The summed E-state index contributed by atoms with van der Waals surface area (Å²) in [6, 6.07) is 5.60. The first-order chi connectivity index (χ1) is 12.4. The second-order valence-electron chi connectivity index (χ2n) is 7.66. The number of aryl methyl sites for hydroxylation is 1. The molecule has 5 nitrogen and oxygen atoms in total. The van der Waals surface area contributed by atoms with E-state index in [1.807, 2.05) is 6.07 Å². The molecule has 0 saturated carbocycles. The van der Waals surface area contributed by atoms with Crippen LogP contribution in [0.15, 0.2) is 18.2 Å². The zero-order valence-corrected chi connectivity index (χ0v) is 17.3. The maximum atomic E-state index is 13.3. The fourth-order valence-electron chi connectivity index (χ4n) is 4.72. The maximum absolute atomic E-state index is 13.3. The van der Waals surface area contributed by atoms with Crippen LogP contribution in [0.2, 0.25) is 0 Å². The van der Waals surface area contributed by atoms with Crippen molar-refractivity contribution in [1.29, 1.82) is 0 Å². The van der Waals surface area contributed by atoms with Crippen LogP contribution >= 0.6 is 12.4 Å². The Morgan fingerprint density at radius 2 is 1.96 bits per heavy atom. The second-order valence-corrected chi connectivity index (χ2v) is 7.66. The van der Waals surface area contributed by atoms with Gasteiger partial charge < -0.3 is 10.0 Å². The van der Waals surface area contributed by atoms with Gasteiger partial charge in [-0.15, -0.1) is 12.4 Å². The molecule has 1 spiro atoms. The molecule has 3 rings (SSSR count). The van der Waals surface area contributed by atoms with Crippen molar-refractivity contribution in [3.63, 3.8) is 0 Å². The molecular weight excluding hydrogens is 364 g/mol. The van der Waals surface area contributed by atoms with Crippen molar-refractivity contribution in [2.45, 2.75) is 64.3 Å². The Hall–Kier alpha value is -1.59. The van der Waals surface area contributed by atoms with Gasteiger partial charge in [-0.3, -0.25) is 14.5 Å². The summed E-state index contributed by atoms with van der Waals surface area (Å²) in [5.41, 5.74) is 1.19. The summed E-state index contributed by atoms with van der Waals surface area (Å²) >= 11 is 0. The van der Waals surface area contributed by atoms with Gasteiger partial charge in [0.2, 0.25) is 11.8 Å². The standard InChI is InChI=1S/C21H30N2O3.ClH/c1-4-22(5-2)15(3)10-12-23-19(25)14-21(20(23)26)11-6-7-16-8-9-17(24)13-18(16)21;/h8-9,13,15,24H,4-7,10-12,14H2,1-3H3;1H. The number of likely N-dealkylation sites (tertiary alicyclic amines) is 1. The number of carbonyl (C=O) groups excluding carboxylic acids is 2. The zero-order chi connectivity index (χ0) is 18.9. The molecule has 1 aromatic carbocycles. The molecule has 2 unspecified atom stereocenters. The van der Waals surface area contributed by atoms with Crippen LogP contribution < -0.4 is 0 Å². The van der Waals surface area contributed by atoms with E-state index in [0.29, 0.717) is 19.0 Å². The lowest BCUT2D eigenvalue weighted by atomic mass is 9.69. The number of rotatable bonds is 6. The number of benzene rings is 1. The number of imide groups is 1. The molecule has 0 bridgehead atoms. The quantitative estimate of drug-likeness (QED) is 0.752. The number of aromatic hydroxyl groups is 1. The van der Waals surface area contributed by atoms with Gasteiger partial charge >= 0.3 is 0 Å². The number of phenols is 1. The molecule has 2 amide bonds. The van der Waals surface area contributed by atoms with E-state index in [4.69, 9.17) is 0 Å². The molecule has 2 atom stereocenters. The Balaban J connectivity index is 0.00000261. The Morgan fingerprint density at radius 3 is 2.63 bits per heavy atom. The number of hydrogen-bond donors (Lipinski definition) is 1. The molecule has 27 heavy (non-hydrogen) atoms. The average Bonchev–Trinajstić information content (AvgIpc) is 2.86. The molecule has 1 aliphatic carbocycles.